The van der Waals surface area contributed by atoms with Gasteiger partial charge in [-0.05, 0) is 100 Å². The molecule has 0 N–H and O–H groups in total. The van der Waals surface area contributed by atoms with Gasteiger partial charge in [-0.15, -0.1) is 0 Å². The van der Waals surface area contributed by atoms with Crippen molar-refractivity contribution in [1.82, 2.24) is 24.1 Å². The van der Waals surface area contributed by atoms with Crippen molar-refractivity contribution in [3.05, 3.63) is 248 Å². The van der Waals surface area contributed by atoms with Crippen molar-refractivity contribution in [2.45, 2.75) is 0 Å². The first-order valence-electron chi connectivity index (χ1n) is 23.8. The number of hydrogen-bond acceptors (Lipinski definition) is 5. The van der Waals surface area contributed by atoms with E-state index in [2.05, 4.69) is 179 Å². The molecule has 0 saturated carbocycles. The van der Waals surface area contributed by atoms with E-state index in [1.54, 1.807) is 0 Å². The highest BCUT2D eigenvalue weighted by Crippen LogP contribution is 2.44. The summed E-state index contributed by atoms with van der Waals surface area (Å²) in [6.45, 7) is 0. The van der Waals surface area contributed by atoms with E-state index >= 15 is 0 Å². The number of nitrogens with zero attached hydrogens (tertiary/aromatic N) is 7. The quantitative estimate of drug-likeness (QED) is 0.151. The van der Waals surface area contributed by atoms with Crippen molar-refractivity contribution < 1.29 is 0 Å². The van der Waals surface area contributed by atoms with E-state index in [0.717, 1.165) is 99.5 Å². The van der Waals surface area contributed by atoms with Crippen molar-refractivity contribution >= 4 is 43.6 Å². The highest BCUT2D eigenvalue weighted by Gasteiger charge is 2.26. The molecule has 10 aromatic carbocycles. The Balaban J connectivity index is 1.11. The fourth-order valence-corrected chi connectivity index (χ4v) is 10.4. The van der Waals surface area contributed by atoms with Crippen molar-refractivity contribution in [2.24, 2.45) is 0 Å². The highest BCUT2D eigenvalue weighted by atomic mass is 15.1. The summed E-state index contributed by atoms with van der Waals surface area (Å²) in [7, 11) is 0. The van der Waals surface area contributed by atoms with Crippen LogP contribution in [-0.2, 0) is 0 Å². The molecule has 0 aliphatic carbocycles. The third-order valence-corrected chi connectivity index (χ3v) is 13.7. The van der Waals surface area contributed by atoms with Crippen LogP contribution in [0.3, 0.4) is 0 Å². The average molecular weight is 918 g/mol. The molecule has 334 valence electrons. The van der Waals surface area contributed by atoms with Gasteiger partial charge in [0, 0.05) is 27.1 Å². The van der Waals surface area contributed by atoms with Crippen molar-refractivity contribution in [1.29, 1.82) is 10.5 Å². The van der Waals surface area contributed by atoms with E-state index < -0.39 is 0 Å². The second kappa shape index (κ2) is 17.4. The summed E-state index contributed by atoms with van der Waals surface area (Å²) in [5.41, 5.74) is 15.0. The van der Waals surface area contributed by atoms with Crippen LogP contribution in [0.2, 0.25) is 0 Å². The predicted molar refractivity (Wildman–Crippen MR) is 291 cm³/mol. The van der Waals surface area contributed by atoms with Gasteiger partial charge in [-0.25, -0.2) is 15.0 Å². The lowest BCUT2D eigenvalue weighted by Crippen LogP contribution is -2.07. The molecule has 72 heavy (non-hydrogen) atoms. The highest BCUT2D eigenvalue weighted by molar-refractivity contribution is 6.12. The maximum Gasteiger partial charge on any atom is 0.167 e. The zero-order valence-electron chi connectivity index (χ0n) is 38.6. The Morgan fingerprint density at radius 2 is 0.750 bits per heavy atom. The maximum atomic E-state index is 11.1. The van der Waals surface area contributed by atoms with Crippen LogP contribution in [0.5, 0.6) is 0 Å². The predicted octanol–water partition coefficient (Wildman–Crippen LogP) is 15.8. The number of nitriles is 2. The van der Waals surface area contributed by atoms with Gasteiger partial charge < -0.3 is 9.13 Å². The summed E-state index contributed by atoms with van der Waals surface area (Å²) >= 11 is 0. The molecule has 3 aromatic heterocycles. The molecule has 7 nitrogen and oxygen atoms in total. The monoisotopic (exact) mass is 917 g/mol. The van der Waals surface area contributed by atoms with Gasteiger partial charge in [0.1, 0.15) is 0 Å². The van der Waals surface area contributed by atoms with E-state index in [9.17, 15) is 10.5 Å². The minimum atomic E-state index is 0.355. The summed E-state index contributed by atoms with van der Waals surface area (Å²) in [5, 5.41) is 25.4. The molecule has 0 radical (unpaired) electrons. The molecular formula is C65H39N7. The normalized spacial score (nSPS) is 11.3. The first-order valence-corrected chi connectivity index (χ1v) is 23.8. The first-order chi connectivity index (χ1) is 35.6. The molecule has 13 rings (SSSR count). The van der Waals surface area contributed by atoms with Crippen LogP contribution in [0, 0.1) is 22.7 Å². The van der Waals surface area contributed by atoms with Crippen molar-refractivity contribution in [2.75, 3.05) is 0 Å². The van der Waals surface area contributed by atoms with Gasteiger partial charge in [0.15, 0.2) is 17.5 Å². The molecule has 0 saturated heterocycles. The van der Waals surface area contributed by atoms with Gasteiger partial charge in [0.2, 0.25) is 0 Å². The van der Waals surface area contributed by atoms with Crippen molar-refractivity contribution in [3.63, 3.8) is 0 Å². The van der Waals surface area contributed by atoms with E-state index in [-0.39, 0.29) is 0 Å². The molecule has 0 amide bonds. The fourth-order valence-electron chi connectivity index (χ4n) is 10.4. The van der Waals surface area contributed by atoms with Gasteiger partial charge in [0.25, 0.3) is 0 Å². The molecule has 7 heteroatoms. The van der Waals surface area contributed by atoms with E-state index in [1.807, 2.05) is 78.9 Å². The molecule has 0 unspecified atom stereocenters. The molecule has 0 spiro atoms. The molecule has 13 aromatic rings. The number of benzene rings is 10. The van der Waals surface area contributed by atoms with E-state index in [0.29, 0.717) is 34.2 Å². The zero-order chi connectivity index (χ0) is 48.1. The largest absolute Gasteiger partial charge is 0.308 e. The molecular weight excluding hydrogens is 879 g/mol. The molecule has 0 bridgehead atoms. The Morgan fingerprint density at radius 1 is 0.306 bits per heavy atom. The average Bonchev–Trinajstić information content (AvgIpc) is 3.97. The summed E-state index contributed by atoms with van der Waals surface area (Å²) in [6.07, 6.45) is 0. The minimum Gasteiger partial charge on any atom is -0.308 e. The lowest BCUT2D eigenvalue weighted by Gasteiger charge is -2.19. The summed E-state index contributed by atoms with van der Waals surface area (Å²) < 4.78 is 4.54. The summed E-state index contributed by atoms with van der Waals surface area (Å²) in [5.74, 6) is 1.24. The zero-order valence-corrected chi connectivity index (χ0v) is 38.6. The second-order valence-electron chi connectivity index (χ2n) is 17.8. The van der Waals surface area contributed by atoms with Crippen LogP contribution in [0.1, 0.15) is 11.1 Å². The summed E-state index contributed by atoms with van der Waals surface area (Å²) in [4.78, 5) is 16.3. The van der Waals surface area contributed by atoms with E-state index in [4.69, 9.17) is 15.0 Å². The van der Waals surface area contributed by atoms with Crippen molar-refractivity contribution in [3.8, 4) is 91.1 Å². The fraction of sp³-hybridized carbons (Fsp3) is 0. The third kappa shape index (κ3) is 7.00. The van der Waals surface area contributed by atoms with Gasteiger partial charge in [-0.3, -0.25) is 0 Å². The summed E-state index contributed by atoms with van der Waals surface area (Å²) in [6, 6.07) is 85.5. The van der Waals surface area contributed by atoms with Crippen LogP contribution in [0.15, 0.2) is 237 Å². The number of aromatic nitrogens is 5. The van der Waals surface area contributed by atoms with Crippen LogP contribution in [-0.4, -0.2) is 24.1 Å². The number of para-hydroxylation sites is 2. The molecule has 0 aliphatic rings. The van der Waals surface area contributed by atoms with Gasteiger partial charge in [-0.2, -0.15) is 10.5 Å². The Hall–Kier alpha value is -10.2. The molecule has 0 atom stereocenters. The Labute approximate surface area is 415 Å². The number of fused-ring (bicyclic) bond motifs is 6. The number of rotatable bonds is 8. The van der Waals surface area contributed by atoms with E-state index in [1.165, 1.54) is 0 Å². The number of hydrogen-bond donors (Lipinski definition) is 0. The third-order valence-electron chi connectivity index (χ3n) is 13.7. The second-order valence-corrected chi connectivity index (χ2v) is 17.8. The lowest BCUT2D eigenvalue weighted by molar-refractivity contribution is 1.06. The first kappa shape index (κ1) is 41.9. The maximum absolute atomic E-state index is 11.1. The Kier molecular flexibility index (Phi) is 10.1. The molecule has 3 heterocycles. The van der Waals surface area contributed by atoms with Crippen LogP contribution in [0.25, 0.3) is 123 Å². The molecule has 0 fully saturated rings. The minimum absolute atomic E-state index is 0.355. The Bertz CT molecular complexity index is 4330. The molecule has 0 aliphatic heterocycles. The van der Waals surface area contributed by atoms with Crippen LogP contribution < -0.4 is 0 Å². The van der Waals surface area contributed by atoms with Gasteiger partial charge in [0.05, 0.1) is 67.8 Å². The smallest absolute Gasteiger partial charge is 0.167 e. The Morgan fingerprint density at radius 3 is 1.29 bits per heavy atom. The van der Waals surface area contributed by atoms with Gasteiger partial charge >= 0.3 is 0 Å². The van der Waals surface area contributed by atoms with Crippen LogP contribution in [0.4, 0.5) is 0 Å². The SMILES string of the molecule is N#Cc1ccc(-c2cccc(-n3c4ccccc4c4cc(-c5ccccc5)ccc43)c2-c2nc(-c3ccccc3)nc(-c3c(C#N)cccc3-n3c4ccccc4c4cc(-c5ccccc5)ccc43)n2)cc1. The lowest BCUT2D eigenvalue weighted by atomic mass is 9.96. The standard InChI is InChI=1S/C65H39N7/c66-40-42-30-32-45(33-31-42)50-25-15-29-60(72-56-27-13-11-24-52(56)54-39-48(35-37-58(54)72)44-18-6-2-7-19-44)62(50)65-69-63(46-20-8-3-9-21-46)68-64(70-65)61-49(41-67)22-14-28-59(61)71-55-26-12-10-23-51(55)53-38-47(34-36-57(53)71)43-16-4-1-5-17-43/h1-39H. The van der Waals surface area contributed by atoms with Crippen LogP contribution >= 0.6 is 0 Å². The van der Waals surface area contributed by atoms with Gasteiger partial charge in [-0.1, -0.05) is 170 Å². The topological polar surface area (TPSA) is 96.1 Å².